The number of rotatable bonds is 4. The van der Waals surface area contributed by atoms with Gasteiger partial charge in [0.1, 0.15) is 11.6 Å². The Morgan fingerprint density at radius 1 is 1.44 bits per heavy atom. The zero-order valence-electron chi connectivity index (χ0n) is 14.6. The number of nitriles is 1. The highest BCUT2D eigenvalue weighted by Gasteiger charge is 2.22. The molecule has 1 fully saturated rings. The lowest BCUT2D eigenvalue weighted by Gasteiger charge is -2.17. The average molecular weight is 406 g/mol. The monoisotopic (exact) mass is 405 g/mol. The van der Waals surface area contributed by atoms with E-state index in [1.54, 1.807) is 25.1 Å². The largest absolute Gasteiger partial charge is 0.494 e. The Morgan fingerprint density at radius 3 is 2.85 bits per heavy atom. The Kier molecular flexibility index (Phi) is 5.85. The summed E-state index contributed by atoms with van der Waals surface area (Å²) in [7, 11) is 0. The van der Waals surface area contributed by atoms with Crippen molar-refractivity contribution in [2.75, 3.05) is 6.61 Å². The smallest absolute Gasteiger partial charge is 0.271 e. The number of halogens is 2. The lowest BCUT2D eigenvalue weighted by Crippen LogP contribution is -2.29. The van der Waals surface area contributed by atoms with Crippen LogP contribution in [0.4, 0.5) is 5.69 Å². The van der Waals surface area contributed by atoms with Gasteiger partial charge in [0.25, 0.3) is 5.56 Å². The first-order valence-corrected chi connectivity index (χ1v) is 9.15. The van der Waals surface area contributed by atoms with Gasteiger partial charge < -0.3 is 9.84 Å². The summed E-state index contributed by atoms with van der Waals surface area (Å²) in [6, 6.07) is 6.79. The molecule has 0 saturated carbocycles. The van der Waals surface area contributed by atoms with E-state index >= 15 is 0 Å². The Morgan fingerprint density at radius 2 is 2.22 bits per heavy atom. The molecule has 0 unspecified atom stereocenters. The fourth-order valence-electron chi connectivity index (χ4n) is 2.99. The second kappa shape index (κ2) is 8.13. The van der Waals surface area contributed by atoms with Gasteiger partial charge in [-0.25, -0.2) is 0 Å². The van der Waals surface area contributed by atoms with E-state index < -0.39 is 5.56 Å². The summed E-state index contributed by atoms with van der Waals surface area (Å²) in [5.74, 6) is -0.240. The van der Waals surface area contributed by atoms with Crippen LogP contribution >= 0.6 is 23.2 Å². The molecule has 1 atom stereocenters. The quantitative estimate of drug-likeness (QED) is 0.779. The van der Waals surface area contributed by atoms with Crippen LogP contribution in [0.5, 0.6) is 5.88 Å². The van der Waals surface area contributed by atoms with Crippen LogP contribution in [0.1, 0.15) is 29.5 Å². The molecule has 1 saturated heterocycles. The van der Waals surface area contributed by atoms with Crippen LogP contribution in [0.2, 0.25) is 10.0 Å². The summed E-state index contributed by atoms with van der Waals surface area (Å²) >= 11 is 11.9. The molecular formula is C19H17Cl2N3O3. The van der Waals surface area contributed by atoms with Crippen LogP contribution in [0.3, 0.4) is 0 Å². The third-order valence-corrected chi connectivity index (χ3v) is 5.24. The van der Waals surface area contributed by atoms with Gasteiger partial charge in [0.2, 0.25) is 5.88 Å². The molecule has 1 aliphatic rings. The summed E-state index contributed by atoms with van der Waals surface area (Å²) in [6.45, 7) is 2.42. The molecular weight excluding hydrogens is 389 g/mol. The molecule has 0 bridgehead atoms. The van der Waals surface area contributed by atoms with E-state index in [9.17, 15) is 15.2 Å². The van der Waals surface area contributed by atoms with E-state index in [0.717, 1.165) is 12.8 Å². The number of benzene rings is 1. The van der Waals surface area contributed by atoms with E-state index in [1.165, 1.54) is 10.8 Å². The van der Waals surface area contributed by atoms with Crippen LogP contribution in [0.25, 0.3) is 0 Å². The Hall–Kier alpha value is -2.33. The van der Waals surface area contributed by atoms with Gasteiger partial charge in [-0.3, -0.25) is 14.4 Å². The van der Waals surface area contributed by atoms with Crippen molar-refractivity contribution in [3.8, 4) is 11.9 Å². The molecule has 140 valence electrons. The predicted octanol–water partition coefficient (Wildman–Crippen LogP) is 3.97. The highest BCUT2D eigenvalue weighted by molar-refractivity contribution is 6.42. The van der Waals surface area contributed by atoms with Gasteiger partial charge in [-0.2, -0.15) is 5.26 Å². The van der Waals surface area contributed by atoms with E-state index in [4.69, 9.17) is 27.9 Å². The zero-order valence-corrected chi connectivity index (χ0v) is 16.1. The number of pyridine rings is 1. The van der Waals surface area contributed by atoms with Gasteiger partial charge >= 0.3 is 0 Å². The number of ether oxygens (including phenoxy) is 1. The van der Waals surface area contributed by atoms with E-state index in [0.29, 0.717) is 33.5 Å². The topological polar surface area (TPSA) is 87.6 Å². The van der Waals surface area contributed by atoms with Crippen molar-refractivity contribution >= 4 is 35.1 Å². The van der Waals surface area contributed by atoms with Crippen molar-refractivity contribution in [1.82, 2.24) is 4.57 Å². The second-order valence-electron chi connectivity index (χ2n) is 6.26. The summed E-state index contributed by atoms with van der Waals surface area (Å²) in [6.07, 6.45) is 2.95. The Balaban J connectivity index is 2.05. The maximum absolute atomic E-state index is 12.6. The number of hydrogen-bond donors (Lipinski definition) is 1. The molecule has 6 nitrogen and oxygen atoms in total. The third kappa shape index (κ3) is 4.01. The SMILES string of the molecule is Cc1c(C=Nc2ccc(Cl)c(Cl)c2)c(O)n(C[C@H]2CCCO2)c(=O)c1C#N. The maximum atomic E-state index is 12.6. The van der Waals surface area contributed by atoms with Crippen LogP contribution in [-0.2, 0) is 11.3 Å². The number of aromatic hydroxyl groups is 1. The van der Waals surface area contributed by atoms with E-state index in [1.807, 2.05) is 6.07 Å². The Bertz CT molecular complexity index is 1000. The first-order chi connectivity index (χ1) is 12.9. The second-order valence-corrected chi connectivity index (χ2v) is 7.07. The van der Waals surface area contributed by atoms with E-state index in [-0.39, 0.29) is 24.1 Å². The van der Waals surface area contributed by atoms with Crippen LogP contribution in [-0.4, -0.2) is 28.6 Å². The molecule has 3 rings (SSSR count). The molecule has 2 aromatic rings. The van der Waals surface area contributed by atoms with Gasteiger partial charge in [0.05, 0.1) is 33.9 Å². The average Bonchev–Trinajstić information content (AvgIpc) is 3.15. The highest BCUT2D eigenvalue weighted by Crippen LogP contribution is 2.27. The fraction of sp³-hybridized carbons (Fsp3) is 0.316. The summed E-state index contributed by atoms with van der Waals surface area (Å²) in [5, 5.41) is 20.8. The van der Waals surface area contributed by atoms with Crippen LogP contribution in [0, 0.1) is 18.3 Å². The zero-order chi connectivity index (χ0) is 19.6. The molecule has 0 spiro atoms. The molecule has 0 amide bonds. The number of hydrogen-bond acceptors (Lipinski definition) is 5. The maximum Gasteiger partial charge on any atom is 0.271 e. The standard InChI is InChI=1S/C19H17Cl2N3O3/c1-11-14(8-22)18(25)24(10-13-3-2-6-27-13)19(26)15(11)9-23-12-4-5-16(20)17(21)7-12/h4-5,7,9,13,26H,2-3,6,10H2,1H3/t13-/m1/s1. The molecule has 1 aromatic heterocycles. The van der Waals surface area contributed by atoms with Gasteiger partial charge in [-0.05, 0) is 43.5 Å². The summed E-state index contributed by atoms with van der Waals surface area (Å²) in [4.78, 5) is 16.9. The number of nitrogens with zero attached hydrogens (tertiary/aromatic N) is 3. The first-order valence-electron chi connectivity index (χ1n) is 8.39. The van der Waals surface area contributed by atoms with Crippen LogP contribution < -0.4 is 5.56 Å². The van der Waals surface area contributed by atoms with Crippen molar-refractivity contribution in [2.24, 2.45) is 4.99 Å². The highest BCUT2D eigenvalue weighted by atomic mass is 35.5. The van der Waals surface area contributed by atoms with E-state index in [2.05, 4.69) is 4.99 Å². The molecule has 1 aliphatic heterocycles. The first kappa shape index (κ1) is 19.4. The molecule has 27 heavy (non-hydrogen) atoms. The summed E-state index contributed by atoms with van der Waals surface area (Å²) in [5.41, 5.74) is 0.636. The normalized spacial score (nSPS) is 16.7. The van der Waals surface area contributed by atoms with Gasteiger partial charge in [0.15, 0.2) is 0 Å². The van der Waals surface area contributed by atoms with Gasteiger partial charge in [0, 0.05) is 12.8 Å². The Labute approximate surface area is 166 Å². The molecule has 2 heterocycles. The molecule has 0 aliphatic carbocycles. The molecule has 1 aromatic carbocycles. The fourth-order valence-corrected chi connectivity index (χ4v) is 3.28. The van der Waals surface area contributed by atoms with Crippen LogP contribution in [0.15, 0.2) is 28.0 Å². The minimum atomic E-state index is -0.533. The number of aromatic nitrogens is 1. The molecule has 0 radical (unpaired) electrons. The lowest BCUT2D eigenvalue weighted by atomic mass is 10.1. The summed E-state index contributed by atoms with van der Waals surface area (Å²) < 4.78 is 6.73. The van der Waals surface area contributed by atoms with Crippen molar-refractivity contribution in [3.05, 3.63) is 55.3 Å². The van der Waals surface area contributed by atoms with Gasteiger partial charge in [-0.1, -0.05) is 23.2 Å². The minimum absolute atomic E-state index is 0.0265. The van der Waals surface area contributed by atoms with Crippen molar-refractivity contribution in [3.63, 3.8) is 0 Å². The minimum Gasteiger partial charge on any atom is -0.494 e. The lowest BCUT2D eigenvalue weighted by molar-refractivity contribution is 0.0938. The van der Waals surface area contributed by atoms with Gasteiger partial charge in [-0.15, -0.1) is 0 Å². The molecule has 8 heteroatoms. The predicted molar refractivity (Wildman–Crippen MR) is 105 cm³/mol. The van der Waals surface area contributed by atoms with Crippen molar-refractivity contribution < 1.29 is 9.84 Å². The third-order valence-electron chi connectivity index (χ3n) is 4.50. The molecule has 1 N–H and O–H groups in total. The van der Waals surface area contributed by atoms with Crippen molar-refractivity contribution in [1.29, 1.82) is 5.26 Å². The van der Waals surface area contributed by atoms with Crippen molar-refractivity contribution in [2.45, 2.75) is 32.4 Å². The number of aliphatic imine (C=N–C) groups is 1.